The molecule has 27 heavy (non-hydrogen) atoms. The summed E-state index contributed by atoms with van der Waals surface area (Å²) in [5, 5.41) is 0.699. The number of hydrogen-bond donors (Lipinski definition) is 0. The SMILES string of the molecule is COc1ccc(CCn2cccc3n(C)sc4ccc(Cl)cc4nc2-3)cc1. The Bertz CT molecular complexity index is 1090. The van der Waals surface area contributed by atoms with Crippen LogP contribution in [0.3, 0.4) is 0 Å². The summed E-state index contributed by atoms with van der Waals surface area (Å²) in [6.07, 6.45) is 3.00. The zero-order valence-corrected chi connectivity index (χ0v) is 16.8. The quantitative estimate of drug-likeness (QED) is 0.450. The molecule has 4 rings (SSSR count). The predicted molar refractivity (Wildman–Crippen MR) is 113 cm³/mol. The zero-order chi connectivity index (χ0) is 18.8. The van der Waals surface area contributed by atoms with E-state index in [1.807, 2.05) is 30.3 Å². The number of aromatic nitrogens is 3. The topological polar surface area (TPSA) is 32.0 Å². The van der Waals surface area contributed by atoms with Crippen molar-refractivity contribution < 1.29 is 4.74 Å². The van der Waals surface area contributed by atoms with Crippen molar-refractivity contribution in [2.45, 2.75) is 13.0 Å². The van der Waals surface area contributed by atoms with Crippen LogP contribution >= 0.6 is 23.1 Å². The molecule has 6 heteroatoms. The van der Waals surface area contributed by atoms with E-state index in [1.54, 1.807) is 18.6 Å². The van der Waals surface area contributed by atoms with E-state index in [4.69, 9.17) is 21.3 Å². The average Bonchev–Trinajstić information content (AvgIpc) is 2.83. The molecule has 0 radical (unpaired) electrons. The third-order valence-corrected chi connectivity index (χ3v) is 5.79. The highest BCUT2D eigenvalue weighted by Gasteiger charge is 2.11. The van der Waals surface area contributed by atoms with Gasteiger partial charge < -0.3 is 9.30 Å². The summed E-state index contributed by atoms with van der Waals surface area (Å²) < 4.78 is 10.7. The Hall–Kier alpha value is -2.50. The van der Waals surface area contributed by atoms with Crippen LogP contribution in [0.1, 0.15) is 5.56 Å². The highest BCUT2D eigenvalue weighted by molar-refractivity contribution is 7.13. The Morgan fingerprint density at radius 2 is 1.93 bits per heavy atom. The monoisotopic (exact) mass is 397 g/mol. The molecular formula is C21H20ClN3OS. The lowest BCUT2D eigenvalue weighted by molar-refractivity contribution is 0.414. The van der Waals surface area contributed by atoms with Gasteiger partial charge in [-0.2, -0.15) is 0 Å². The normalized spacial score (nSPS) is 11.1. The van der Waals surface area contributed by atoms with Gasteiger partial charge in [0.2, 0.25) is 0 Å². The molecular weight excluding hydrogens is 378 g/mol. The number of nitrogens with zero attached hydrogens (tertiary/aromatic N) is 3. The van der Waals surface area contributed by atoms with E-state index in [0.717, 1.165) is 40.5 Å². The lowest BCUT2D eigenvalue weighted by Crippen LogP contribution is -2.09. The maximum Gasteiger partial charge on any atom is 0.158 e. The van der Waals surface area contributed by atoms with Crippen LogP contribution in [-0.2, 0) is 20.0 Å². The van der Waals surface area contributed by atoms with Crippen molar-refractivity contribution in [3.05, 3.63) is 71.4 Å². The van der Waals surface area contributed by atoms with E-state index in [0.29, 0.717) is 5.02 Å². The molecule has 0 aliphatic carbocycles. The van der Waals surface area contributed by atoms with Crippen LogP contribution in [0.25, 0.3) is 21.7 Å². The van der Waals surface area contributed by atoms with Gasteiger partial charge in [0.1, 0.15) is 5.75 Å². The molecule has 2 heterocycles. The molecule has 0 spiro atoms. The van der Waals surface area contributed by atoms with Crippen molar-refractivity contribution in [2.24, 2.45) is 7.05 Å². The van der Waals surface area contributed by atoms with E-state index in [2.05, 4.69) is 46.0 Å². The molecule has 0 saturated carbocycles. The average molecular weight is 398 g/mol. The van der Waals surface area contributed by atoms with Crippen molar-refractivity contribution >= 4 is 33.4 Å². The van der Waals surface area contributed by atoms with Crippen molar-refractivity contribution in [3.8, 4) is 17.3 Å². The molecule has 2 aromatic rings. The minimum absolute atomic E-state index is 0.699. The first-order chi connectivity index (χ1) is 13.1. The maximum absolute atomic E-state index is 6.20. The third kappa shape index (κ3) is 3.80. The van der Waals surface area contributed by atoms with Crippen LogP contribution in [0.5, 0.6) is 5.75 Å². The molecule has 0 bridgehead atoms. The second kappa shape index (κ2) is 7.62. The molecule has 138 valence electrons. The van der Waals surface area contributed by atoms with Crippen molar-refractivity contribution in [2.75, 3.05) is 7.11 Å². The number of methoxy groups -OCH3 is 1. The Kier molecular flexibility index (Phi) is 5.05. The fraction of sp³-hybridized carbons (Fsp3) is 0.190. The number of ether oxygens (including phenoxy) is 1. The van der Waals surface area contributed by atoms with E-state index in [1.165, 1.54) is 5.56 Å². The summed E-state index contributed by atoms with van der Waals surface area (Å²) in [5.74, 6) is 1.82. The van der Waals surface area contributed by atoms with E-state index < -0.39 is 0 Å². The third-order valence-electron chi connectivity index (χ3n) is 4.54. The van der Waals surface area contributed by atoms with E-state index >= 15 is 0 Å². The van der Waals surface area contributed by atoms with Gasteiger partial charge in [-0.25, -0.2) is 4.98 Å². The zero-order valence-electron chi connectivity index (χ0n) is 15.2. The van der Waals surface area contributed by atoms with Crippen LogP contribution in [0.4, 0.5) is 0 Å². The summed E-state index contributed by atoms with van der Waals surface area (Å²) in [6.45, 7) is 0.841. The molecule has 0 atom stereocenters. The van der Waals surface area contributed by atoms with Gasteiger partial charge in [-0.1, -0.05) is 35.3 Å². The fourth-order valence-electron chi connectivity index (χ4n) is 3.09. The number of benzene rings is 2. The van der Waals surface area contributed by atoms with Gasteiger partial charge in [-0.3, -0.25) is 3.96 Å². The molecule has 0 fully saturated rings. The first-order valence-corrected chi connectivity index (χ1v) is 9.87. The minimum atomic E-state index is 0.699. The van der Waals surface area contributed by atoms with Crippen LogP contribution in [0, 0.1) is 0 Å². The molecule has 0 aromatic heterocycles. The molecule has 2 aromatic carbocycles. The molecule has 0 amide bonds. The number of aryl methyl sites for hydroxylation is 3. The highest BCUT2D eigenvalue weighted by atomic mass is 35.5. The number of fused-ring (bicyclic) bond motifs is 2. The number of halogens is 1. The van der Waals surface area contributed by atoms with Crippen LogP contribution in [0.2, 0.25) is 5.02 Å². The highest BCUT2D eigenvalue weighted by Crippen LogP contribution is 2.26. The molecule has 2 aliphatic rings. The Labute approximate surface area is 167 Å². The van der Waals surface area contributed by atoms with Gasteiger partial charge >= 0.3 is 0 Å². The smallest absolute Gasteiger partial charge is 0.158 e. The lowest BCUT2D eigenvalue weighted by Gasteiger charge is -2.14. The molecule has 0 N–H and O–H groups in total. The van der Waals surface area contributed by atoms with E-state index in [-0.39, 0.29) is 0 Å². The van der Waals surface area contributed by atoms with Gasteiger partial charge in [0.15, 0.2) is 5.82 Å². The van der Waals surface area contributed by atoms with Crippen molar-refractivity contribution in [1.29, 1.82) is 0 Å². The lowest BCUT2D eigenvalue weighted by atomic mass is 10.1. The van der Waals surface area contributed by atoms with Gasteiger partial charge in [0.25, 0.3) is 0 Å². The van der Waals surface area contributed by atoms with Gasteiger partial charge in [0, 0.05) is 24.8 Å². The molecule has 2 aliphatic heterocycles. The Morgan fingerprint density at radius 3 is 2.70 bits per heavy atom. The van der Waals surface area contributed by atoms with Gasteiger partial charge in [-0.05, 0) is 54.4 Å². The summed E-state index contributed by atoms with van der Waals surface area (Å²) >= 11 is 7.86. The van der Waals surface area contributed by atoms with Gasteiger partial charge in [0.05, 0.1) is 23.0 Å². The summed E-state index contributed by atoms with van der Waals surface area (Å²) in [6, 6.07) is 18.2. The van der Waals surface area contributed by atoms with Crippen molar-refractivity contribution in [3.63, 3.8) is 0 Å². The Morgan fingerprint density at radius 1 is 1.11 bits per heavy atom. The van der Waals surface area contributed by atoms with E-state index in [9.17, 15) is 0 Å². The Balaban J connectivity index is 1.75. The molecule has 0 unspecified atom stereocenters. The number of pyridine rings is 1. The second-order valence-electron chi connectivity index (χ2n) is 6.32. The molecule has 0 saturated heterocycles. The summed E-state index contributed by atoms with van der Waals surface area (Å²) in [4.78, 5) is 4.95. The number of hydrogen-bond acceptors (Lipinski definition) is 3. The van der Waals surface area contributed by atoms with Crippen LogP contribution in [0.15, 0.2) is 60.8 Å². The van der Waals surface area contributed by atoms with Crippen molar-refractivity contribution in [1.82, 2.24) is 13.5 Å². The van der Waals surface area contributed by atoms with Gasteiger partial charge in [-0.15, -0.1) is 0 Å². The number of rotatable bonds is 4. The minimum Gasteiger partial charge on any atom is -0.497 e. The second-order valence-corrected chi connectivity index (χ2v) is 7.93. The standard InChI is InChI=1S/C21H20ClN3OS/c1-24-19-4-3-12-25(13-11-15-5-8-17(26-2)9-6-15)21(19)23-18-14-16(22)7-10-20(18)27-24/h3-10,12,14H,11,13H2,1-2H3. The first kappa shape index (κ1) is 17.9. The summed E-state index contributed by atoms with van der Waals surface area (Å²) in [5.41, 5.74) is 3.26. The van der Waals surface area contributed by atoms with Crippen LogP contribution < -0.4 is 4.74 Å². The summed E-state index contributed by atoms with van der Waals surface area (Å²) in [7, 11) is 3.75. The first-order valence-electron chi connectivity index (χ1n) is 8.72. The fourth-order valence-corrected chi connectivity index (χ4v) is 4.11. The maximum atomic E-state index is 6.20. The van der Waals surface area contributed by atoms with Crippen LogP contribution in [-0.4, -0.2) is 20.6 Å². The molecule has 4 nitrogen and oxygen atoms in total. The largest absolute Gasteiger partial charge is 0.497 e. The predicted octanol–water partition coefficient (Wildman–Crippen LogP) is 5.57.